The topological polar surface area (TPSA) is 64.4 Å². The Morgan fingerprint density at radius 2 is 1.62 bits per heavy atom. The second-order valence-corrected chi connectivity index (χ2v) is 10.0. The number of hydrogen-bond acceptors (Lipinski definition) is 6. The van der Waals surface area contributed by atoms with Gasteiger partial charge in [0.05, 0.1) is 39.7 Å². The van der Waals surface area contributed by atoms with Gasteiger partial charge in [-0.25, -0.2) is 4.98 Å². The Labute approximate surface area is 218 Å². The molecule has 0 saturated carbocycles. The third-order valence-corrected chi connectivity index (χ3v) is 7.82. The van der Waals surface area contributed by atoms with Crippen molar-refractivity contribution in [2.45, 2.75) is 6.92 Å². The SMILES string of the molecule is CC(=O)c1ccc(-n2c(-c3cc(-c4ccccc4)c(N4CCOCC4)s3)nc3ccccc3c2=O)cc1. The lowest BCUT2D eigenvalue weighted by Gasteiger charge is -2.28. The molecule has 1 saturated heterocycles. The third kappa shape index (κ3) is 4.37. The van der Waals surface area contributed by atoms with Gasteiger partial charge >= 0.3 is 0 Å². The fourth-order valence-electron chi connectivity index (χ4n) is 4.70. The Kier molecular flexibility index (Phi) is 6.16. The summed E-state index contributed by atoms with van der Waals surface area (Å²) < 4.78 is 7.27. The number of para-hydroxylation sites is 1. The number of ketones is 1. The molecule has 5 aromatic rings. The van der Waals surface area contributed by atoms with Crippen LogP contribution in [0.4, 0.5) is 5.00 Å². The van der Waals surface area contributed by atoms with Crippen LogP contribution < -0.4 is 10.5 Å². The van der Waals surface area contributed by atoms with E-state index in [0.717, 1.165) is 34.1 Å². The number of nitrogens with zero attached hydrogens (tertiary/aromatic N) is 3. The molecule has 0 unspecified atom stereocenters. The summed E-state index contributed by atoms with van der Waals surface area (Å²) in [5.74, 6) is 0.567. The molecule has 0 amide bonds. The van der Waals surface area contributed by atoms with Crippen LogP contribution >= 0.6 is 11.3 Å². The number of fused-ring (bicyclic) bond motifs is 1. The minimum absolute atomic E-state index is 0.0170. The van der Waals surface area contributed by atoms with Crippen molar-refractivity contribution >= 4 is 33.0 Å². The zero-order valence-electron chi connectivity index (χ0n) is 20.4. The Hall–Kier alpha value is -4.07. The predicted molar refractivity (Wildman–Crippen MR) is 149 cm³/mol. The fraction of sp³-hybridized carbons (Fsp3) is 0.167. The van der Waals surface area contributed by atoms with E-state index >= 15 is 0 Å². The number of ether oxygens (including phenoxy) is 1. The van der Waals surface area contributed by atoms with Crippen molar-refractivity contribution < 1.29 is 9.53 Å². The third-order valence-electron chi connectivity index (χ3n) is 6.62. The molecular weight excluding hydrogens is 482 g/mol. The number of hydrogen-bond donors (Lipinski definition) is 0. The summed E-state index contributed by atoms with van der Waals surface area (Å²) >= 11 is 1.64. The van der Waals surface area contributed by atoms with E-state index in [2.05, 4.69) is 23.1 Å². The van der Waals surface area contributed by atoms with Crippen LogP contribution in [-0.4, -0.2) is 41.6 Å². The molecule has 1 fully saturated rings. The molecular formula is C30H25N3O3S. The number of rotatable bonds is 5. The molecule has 2 aromatic heterocycles. The van der Waals surface area contributed by atoms with Gasteiger partial charge in [-0.3, -0.25) is 14.2 Å². The average Bonchev–Trinajstić information content (AvgIpc) is 3.40. The highest BCUT2D eigenvalue weighted by molar-refractivity contribution is 7.20. The molecule has 0 bridgehead atoms. The van der Waals surface area contributed by atoms with Crippen LogP contribution in [0.2, 0.25) is 0 Å². The van der Waals surface area contributed by atoms with Crippen LogP contribution in [-0.2, 0) is 4.74 Å². The summed E-state index contributed by atoms with van der Waals surface area (Å²) in [6.07, 6.45) is 0. The maximum Gasteiger partial charge on any atom is 0.266 e. The van der Waals surface area contributed by atoms with Crippen LogP contribution in [0, 0.1) is 0 Å². The van der Waals surface area contributed by atoms with Gasteiger partial charge in [-0.2, -0.15) is 0 Å². The minimum Gasteiger partial charge on any atom is -0.378 e. The van der Waals surface area contributed by atoms with Crippen LogP contribution in [0.3, 0.4) is 0 Å². The molecule has 1 aliphatic heterocycles. The van der Waals surface area contributed by atoms with E-state index in [9.17, 15) is 9.59 Å². The predicted octanol–water partition coefficient (Wildman–Crippen LogP) is 5.82. The summed E-state index contributed by atoms with van der Waals surface area (Å²) in [6, 6.07) is 27.0. The van der Waals surface area contributed by atoms with Crippen molar-refractivity contribution in [2.24, 2.45) is 0 Å². The molecule has 6 nitrogen and oxygen atoms in total. The summed E-state index contributed by atoms with van der Waals surface area (Å²) in [5.41, 5.74) is 4.02. The Balaban J connectivity index is 1.60. The largest absolute Gasteiger partial charge is 0.378 e. The number of benzene rings is 3. The van der Waals surface area contributed by atoms with Crippen molar-refractivity contribution in [2.75, 3.05) is 31.2 Å². The lowest BCUT2D eigenvalue weighted by Crippen LogP contribution is -2.35. The van der Waals surface area contributed by atoms with Crippen LogP contribution in [0.1, 0.15) is 17.3 Å². The molecule has 184 valence electrons. The highest BCUT2D eigenvalue weighted by atomic mass is 32.1. The number of carbonyl (C=O) groups excluding carboxylic acids is 1. The molecule has 0 atom stereocenters. The van der Waals surface area contributed by atoms with E-state index < -0.39 is 0 Å². The van der Waals surface area contributed by atoms with Gasteiger partial charge in [-0.05, 0) is 55.0 Å². The number of Topliss-reactive ketones (excluding diaryl/α,β-unsaturated/α-hetero) is 1. The van der Waals surface area contributed by atoms with E-state index in [-0.39, 0.29) is 11.3 Å². The molecule has 0 N–H and O–H groups in total. The Morgan fingerprint density at radius 1 is 0.919 bits per heavy atom. The number of aromatic nitrogens is 2. The molecule has 0 radical (unpaired) electrons. The van der Waals surface area contributed by atoms with E-state index in [4.69, 9.17) is 9.72 Å². The van der Waals surface area contributed by atoms with Gasteiger partial charge in [-0.1, -0.05) is 42.5 Å². The van der Waals surface area contributed by atoms with Gasteiger partial charge in [0, 0.05) is 24.2 Å². The second-order valence-electron chi connectivity index (χ2n) is 8.99. The summed E-state index contributed by atoms with van der Waals surface area (Å²) in [4.78, 5) is 33.9. The van der Waals surface area contributed by atoms with E-state index in [1.807, 2.05) is 48.5 Å². The lowest BCUT2D eigenvalue weighted by atomic mass is 10.1. The second kappa shape index (κ2) is 9.76. The zero-order valence-corrected chi connectivity index (χ0v) is 21.2. The quantitative estimate of drug-likeness (QED) is 0.281. The van der Waals surface area contributed by atoms with Crippen molar-refractivity contribution in [3.05, 3.63) is 101 Å². The standard InChI is InChI=1S/C30H25N3O3S/c1-20(34)21-11-13-23(14-12-21)33-28(31-26-10-6-5-9-24(26)29(33)35)27-19-25(22-7-3-2-4-8-22)30(37-27)32-15-17-36-18-16-32/h2-14,19H,15-18H2,1H3. The highest BCUT2D eigenvalue weighted by Crippen LogP contribution is 2.43. The van der Waals surface area contributed by atoms with Crippen molar-refractivity contribution in [3.63, 3.8) is 0 Å². The fourth-order valence-corrected chi connectivity index (χ4v) is 5.91. The van der Waals surface area contributed by atoms with Crippen LogP contribution in [0.15, 0.2) is 89.7 Å². The molecule has 3 aromatic carbocycles. The molecule has 37 heavy (non-hydrogen) atoms. The molecule has 0 spiro atoms. The summed E-state index contributed by atoms with van der Waals surface area (Å²) in [6.45, 7) is 4.52. The number of carbonyl (C=O) groups is 1. The van der Waals surface area contributed by atoms with Gasteiger partial charge < -0.3 is 9.64 Å². The first-order valence-corrected chi connectivity index (χ1v) is 13.1. The van der Waals surface area contributed by atoms with Crippen LogP contribution in [0.25, 0.3) is 38.4 Å². The van der Waals surface area contributed by atoms with Gasteiger partial charge in [0.1, 0.15) is 0 Å². The van der Waals surface area contributed by atoms with Crippen molar-refractivity contribution in [1.82, 2.24) is 9.55 Å². The average molecular weight is 508 g/mol. The maximum absolute atomic E-state index is 13.8. The number of thiophene rings is 1. The molecule has 3 heterocycles. The van der Waals surface area contributed by atoms with Gasteiger partial charge in [0.25, 0.3) is 5.56 Å². The van der Waals surface area contributed by atoms with Crippen molar-refractivity contribution in [1.29, 1.82) is 0 Å². The molecule has 1 aliphatic rings. The molecule has 6 rings (SSSR count). The smallest absolute Gasteiger partial charge is 0.266 e. The summed E-state index contributed by atoms with van der Waals surface area (Å²) in [7, 11) is 0. The Morgan fingerprint density at radius 3 is 2.35 bits per heavy atom. The first-order chi connectivity index (χ1) is 18.1. The zero-order chi connectivity index (χ0) is 25.4. The number of anilines is 1. The Bertz CT molecular complexity index is 1650. The molecule has 0 aliphatic carbocycles. The molecule has 7 heteroatoms. The van der Waals surface area contributed by atoms with E-state index in [1.54, 1.807) is 34.1 Å². The van der Waals surface area contributed by atoms with Crippen molar-refractivity contribution in [3.8, 4) is 27.5 Å². The lowest BCUT2D eigenvalue weighted by molar-refractivity contribution is 0.101. The van der Waals surface area contributed by atoms with Gasteiger partial charge in [-0.15, -0.1) is 11.3 Å². The van der Waals surface area contributed by atoms with E-state index in [0.29, 0.717) is 41.2 Å². The number of morpholine rings is 1. The normalized spacial score (nSPS) is 13.7. The van der Waals surface area contributed by atoms with Gasteiger partial charge in [0.2, 0.25) is 0 Å². The van der Waals surface area contributed by atoms with Gasteiger partial charge in [0.15, 0.2) is 11.6 Å². The maximum atomic E-state index is 13.8. The highest BCUT2D eigenvalue weighted by Gasteiger charge is 2.23. The monoisotopic (exact) mass is 507 g/mol. The van der Waals surface area contributed by atoms with E-state index in [1.165, 1.54) is 6.92 Å². The first kappa shape index (κ1) is 23.3. The van der Waals surface area contributed by atoms with Crippen LogP contribution in [0.5, 0.6) is 0 Å². The summed E-state index contributed by atoms with van der Waals surface area (Å²) in [5, 5.41) is 1.69. The minimum atomic E-state index is -0.140. The first-order valence-electron chi connectivity index (χ1n) is 12.3.